The van der Waals surface area contributed by atoms with Gasteiger partial charge in [-0.15, -0.1) is 12.0 Å². The van der Waals surface area contributed by atoms with Crippen LogP contribution in [0.4, 0.5) is 0 Å². The first-order chi connectivity index (χ1) is 11.3. The molecule has 0 spiro atoms. The van der Waals surface area contributed by atoms with E-state index < -0.39 is 8.80 Å². The average molecular weight is 311 g/mol. The molecule has 0 saturated heterocycles. The zero-order valence-corrected chi connectivity index (χ0v) is 14.6. The first kappa shape index (κ1) is 15.4. The van der Waals surface area contributed by atoms with Gasteiger partial charge in [0.25, 0.3) is 0 Å². The van der Waals surface area contributed by atoms with Gasteiger partial charge < -0.3 is 0 Å². The summed E-state index contributed by atoms with van der Waals surface area (Å²) in [5.74, 6) is 6.40. The molecule has 1 radical (unpaired) electrons. The first-order valence-electron chi connectivity index (χ1n) is 8.06. The topological polar surface area (TPSA) is 0 Å². The van der Waals surface area contributed by atoms with Crippen molar-refractivity contribution in [1.29, 1.82) is 0 Å². The van der Waals surface area contributed by atoms with Crippen LogP contribution >= 0.6 is 0 Å². The summed E-state index contributed by atoms with van der Waals surface area (Å²) in [7, 11) is -0.573. The van der Waals surface area contributed by atoms with Gasteiger partial charge in [-0.05, 0) is 21.5 Å². The van der Waals surface area contributed by atoms with Crippen molar-refractivity contribution in [3.63, 3.8) is 0 Å². The fourth-order valence-electron chi connectivity index (χ4n) is 3.00. The van der Waals surface area contributed by atoms with Crippen LogP contribution in [0.25, 0.3) is 21.5 Å². The maximum absolute atomic E-state index is 5.82. The number of benzene rings is 3. The van der Waals surface area contributed by atoms with E-state index in [1.165, 1.54) is 22.9 Å². The number of terminal acetylenes is 1. The van der Waals surface area contributed by atoms with Crippen LogP contribution in [0.1, 0.15) is 25.0 Å². The second kappa shape index (κ2) is 6.74. The monoisotopic (exact) mass is 311 g/mol. The molecular formula is C22H19Si. The van der Waals surface area contributed by atoms with Gasteiger partial charge in [0.05, 0.1) is 0 Å². The van der Waals surface area contributed by atoms with Crippen LogP contribution in [0.15, 0.2) is 48.5 Å². The average Bonchev–Trinajstić information content (AvgIpc) is 2.61. The molecule has 0 aromatic heterocycles. The quantitative estimate of drug-likeness (QED) is 0.338. The summed E-state index contributed by atoms with van der Waals surface area (Å²) in [4.78, 5) is 0. The van der Waals surface area contributed by atoms with Crippen molar-refractivity contribution in [2.75, 3.05) is 0 Å². The molecule has 0 aliphatic heterocycles. The number of fused-ring (bicyclic) bond motifs is 2. The van der Waals surface area contributed by atoms with E-state index in [4.69, 9.17) is 6.42 Å². The Balaban J connectivity index is 2.41. The summed E-state index contributed by atoms with van der Waals surface area (Å²) in [5, 5.41) is 4.58. The third-order valence-electron chi connectivity index (χ3n) is 4.29. The molecule has 0 unspecified atom stereocenters. The maximum atomic E-state index is 5.82. The molecule has 111 valence electrons. The lowest BCUT2D eigenvalue weighted by Gasteiger charge is -2.10. The molecule has 0 aliphatic rings. The molecule has 0 saturated carbocycles. The van der Waals surface area contributed by atoms with Crippen LogP contribution in [0.3, 0.4) is 0 Å². The summed E-state index contributed by atoms with van der Waals surface area (Å²) in [5.41, 5.74) is 5.65. The molecule has 0 bridgehead atoms. The summed E-state index contributed by atoms with van der Waals surface area (Å²) in [6, 6.07) is 19.1. The normalized spacial score (nSPS) is 10.5. The van der Waals surface area contributed by atoms with Crippen molar-refractivity contribution >= 4 is 30.3 Å². The molecular weight excluding hydrogens is 292 g/mol. The smallest absolute Gasteiger partial charge is 0.128 e. The summed E-state index contributed by atoms with van der Waals surface area (Å²) in [6.45, 7) is 4.48. The van der Waals surface area contributed by atoms with Gasteiger partial charge in [-0.2, -0.15) is 0 Å². The van der Waals surface area contributed by atoms with Crippen molar-refractivity contribution in [2.45, 2.75) is 25.9 Å². The predicted molar refractivity (Wildman–Crippen MR) is 103 cm³/mol. The molecule has 0 N–H and O–H groups in total. The lowest BCUT2D eigenvalue weighted by Crippen LogP contribution is -2.05. The van der Waals surface area contributed by atoms with Crippen LogP contribution < -0.4 is 0 Å². The van der Waals surface area contributed by atoms with Gasteiger partial charge in [0, 0.05) is 11.1 Å². The van der Waals surface area contributed by atoms with Crippen molar-refractivity contribution in [2.24, 2.45) is 0 Å². The Bertz CT molecular complexity index is 903. The molecule has 0 aliphatic carbocycles. The van der Waals surface area contributed by atoms with E-state index >= 15 is 0 Å². The molecule has 0 nitrogen and oxygen atoms in total. The van der Waals surface area contributed by atoms with Gasteiger partial charge in [-0.3, -0.25) is 0 Å². The molecule has 3 aromatic carbocycles. The third-order valence-corrected chi connectivity index (χ3v) is 6.48. The van der Waals surface area contributed by atoms with Crippen LogP contribution in [-0.2, 0) is 0 Å². The SMILES string of the molecule is C#Cc1c2ccccc2c(C#C[Si](CC)CC)c2ccccc12. The minimum absolute atomic E-state index is 0.573. The molecule has 0 heterocycles. The second-order valence-electron chi connectivity index (χ2n) is 5.55. The highest BCUT2D eigenvalue weighted by Crippen LogP contribution is 2.31. The number of hydrogen-bond donors (Lipinski definition) is 0. The van der Waals surface area contributed by atoms with Gasteiger partial charge in [-0.1, -0.05) is 86.3 Å². The van der Waals surface area contributed by atoms with E-state index in [0.29, 0.717) is 0 Å². The van der Waals surface area contributed by atoms with Gasteiger partial charge in [0.2, 0.25) is 0 Å². The summed E-state index contributed by atoms with van der Waals surface area (Å²) < 4.78 is 0. The molecule has 3 aromatic rings. The van der Waals surface area contributed by atoms with E-state index in [1.807, 2.05) is 12.1 Å². The van der Waals surface area contributed by atoms with E-state index in [-0.39, 0.29) is 0 Å². The Hall–Kier alpha value is -2.48. The summed E-state index contributed by atoms with van der Waals surface area (Å²) in [6.07, 6.45) is 5.82. The van der Waals surface area contributed by atoms with E-state index in [1.54, 1.807) is 0 Å². The van der Waals surface area contributed by atoms with Crippen molar-refractivity contribution in [3.05, 3.63) is 59.7 Å². The maximum Gasteiger partial charge on any atom is 0.144 e. The lowest BCUT2D eigenvalue weighted by atomic mass is 9.92. The zero-order chi connectivity index (χ0) is 16.2. The highest BCUT2D eigenvalue weighted by Gasteiger charge is 2.11. The molecule has 3 rings (SSSR count). The Kier molecular flexibility index (Phi) is 4.51. The van der Waals surface area contributed by atoms with Crippen LogP contribution in [0.5, 0.6) is 0 Å². The molecule has 1 heteroatoms. The zero-order valence-electron chi connectivity index (χ0n) is 13.6. The first-order valence-corrected chi connectivity index (χ1v) is 9.98. The molecule has 0 fully saturated rings. The van der Waals surface area contributed by atoms with E-state index in [2.05, 4.69) is 67.6 Å². The van der Waals surface area contributed by atoms with Gasteiger partial charge in [0.15, 0.2) is 0 Å². The fourth-order valence-corrected chi connectivity index (χ4v) is 4.15. The standard InChI is InChI=1S/C22H19Si/c1-4-17-18-11-7-9-13-20(18)22(15-16-23(5-2)6-3)21-14-10-8-12-19(17)21/h1,7-14H,5-6H2,2-3H3. The largest absolute Gasteiger partial charge is 0.144 e. The predicted octanol–water partition coefficient (Wildman–Crippen LogP) is 5.40. The Labute approximate surface area is 140 Å². The molecule has 0 atom stereocenters. The van der Waals surface area contributed by atoms with Crippen molar-refractivity contribution < 1.29 is 0 Å². The number of rotatable bonds is 2. The Morgan fingerprint density at radius 1 is 0.783 bits per heavy atom. The van der Waals surface area contributed by atoms with Crippen LogP contribution in [-0.4, -0.2) is 8.80 Å². The molecule has 0 amide bonds. The Morgan fingerprint density at radius 3 is 1.61 bits per heavy atom. The van der Waals surface area contributed by atoms with Gasteiger partial charge in [0.1, 0.15) is 8.80 Å². The van der Waals surface area contributed by atoms with Crippen LogP contribution in [0.2, 0.25) is 12.1 Å². The third kappa shape index (κ3) is 2.77. The minimum Gasteiger partial charge on any atom is -0.128 e. The lowest BCUT2D eigenvalue weighted by molar-refractivity contribution is 1.34. The fraction of sp³-hybridized carbons (Fsp3) is 0.182. The molecule has 23 heavy (non-hydrogen) atoms. The minimum atomic E-state index is -0.573. The highest BCUT2D eigenvalue weighted by molar-refractivity contribution is 6.67. The van der Waals surface area contributed by atoms with E-state index in [0.717, 1.165) is 21.9 Å². The van der Waals surface area contributed by atoms with Crippen LogP contribution in [0, 0.1) is 23.8 Å². The van der Waals surface area contributed by atoms with Gasteiger partial charge >= 0.3 is 0 Å². The van der Waals surface area contributed by atoms with Crippen molar-refractivity contribution in [1.82, 2.24) is 0 Å². The summed E-state index contributed by atoms with van der Waals surface area (Å²) >= 11 is 0. The van der Waals surface area contributed by atoms with Gasteiger partial charge in [-0.25, -0.2) is 0 Å². The van der Waals surface area contributed by atoms with Crippen molar-refractivity contribution in [3.8, 4) is 23.8 Å². The number of hydrogen-bond acceptors (Lipinski definition) is 0. The highest BCUT2D eigenvalue weighted by atomic mass is 28.3. The van der Waals surface area contributed by atoms with E-state index in [9.17, 15) is 0 Å². The Morgan fingerprint density at radius 2 is 1.22 bits per heavy atom. The second-order valence-corrected chi connectivity index (χ2v) is 8.42.